The van der Waals surface area contributed by atoms with Gasteiger partial charge in [0.2, 0.25) is 0 Å². The Bertz CT molecular complexity index is 2380. The Morgan fingerprint density at radius 1 is 0.562 bits per heavy atom. The lowest BCUT2D eigenvalue weighted by Crippen LogP contribution is -2.32. The van der Waals surface area contributed by atoms with E-state index >= 15 is 0 Å². The Morgan fingerprint density at radius 3 is 2.00 bits per heavy atom. The van der Waals surface area contributed by atoms with Crippen LogP contribution >= 0.6 is 0 Å². The van der Waals surface area contributed by atoms with Crippen molar-refractivity contribution in [3.8, 4) is 28.7 Å². The number of rotatable bonds is 7. The molecule has 1 atom stereocenters. The first-order valence-electron chi connectivity index (χ1n) is 16.8. The van der Waals surface area contributed by atoms with Gasteiger partial charge in [-0.3, -0.25) is 0 Å². The molecule has 0 radical (unpaired) electrons. The molecule has 3 heteroatoms. The highest BCUT2D eigenvalue weighted by molar-refractivity contribution is 5.99. The van der Waals surface area contributed by atoms with E-state index in [0.717, 1.165) is 67.3 Å². The smallest absolute Gasteiger partial charge is 0.177 e. The number of hydrogen-bond acceptors (Lipinski definition) is 3. The van der Waals surface area contributed by atoms with Gasteiger partial charge in [0, 0.05) is 39.1 Å². The van der Waals surface area contributed by atoms with Crippen LogP contribution in [0.15, 0.2) is 127 Å². The van der Waals surface area contributed by atoms with Crippen LogP contribution in [0.3, 0.4) is 0 Å². The minimum atomic E-state index is -0.628. The lowest BCUT2D eigenvalue weighted by molar-refractivity contribution is 0.0844. The minimum Gasteiger partial charge on any atom is -0.478 e. The van der Waals surface area contributed by atoms with Crippen molar-refractivity contribution in [2.45, 2.75) is 46.1 Å². The molecule has 0 saturated heterocycles. The Kier molecular flexibility index (Phi) is 7.41. The van der Waals surface area contributed by atoms with E-state index in [-0.39, 0.29) is 0 Å². The summed E-state index contributed by atoms with van der Waals surface area (Å²) < 4.78 is 21.6. The third kappa shape index (κ3) is 4.98. The molecule has 0 saturated carbocycles. The topological polar surface area (TPSA) is 27.7 Å². The number of fused-ring (bicyclic) bond motifs is 4. The first-order valence-corrected chi connectivity index (χ1v) is 16.8. The van der Waals surface area contributed by atoms with Crippen LogP contribution in [0.4, 0.5) is 0 Å². The van der Waals surface area contributed by atoms with Gasteiger partial charge in [0.15, 0.2) is 11.5 Å². The van der Waals surface area contributed by atoms with Crippen molar-refractivity contribution in [3.05, 3.63) is 155 Å². The Hall–Kier alpha value is -5.54. The van der Waals surface area contributed by atoms with Gasteiger partial charge in [-0.1, -0.05) is 134 Å². The maximum Gasteiger partial charge on any atom is 0.177 e. The molecular formula is C45H38O3. The van der Waals surface area contributed by atoms with E-state index in [0.29, 0.717) is 17.9 Å². The second-order valence-electron chi connectivity index (χ2n) is 13.0. The van der Waals surface area contributed by atoms with Gasteiger partial charge >= 0.3 is 0 Å². The second-order valence-corrected chi connectivity index (χ2v) is 13.0. The van der Waals surface area contributed by atoms with Crippen molar-refractivity contribution in [2.24, 2.45) is 0 Å². The van der Waals surface area contributed by atoms with E-state index in [2.05, 4.69) is 161 Å². The van der Waals surface area contributed by atoms with Gasteiger partial charge in [-0.25, -0.2) is 0 Å². The molecule has 0 fully saturated rings. The van der Waals surface area contributed by atoms with Crippen LogP contribution in [0.25, 0.3) is 38.4 Å². The molecular weight excluding hydrogens is 588 g/mol. The van der Waals surface area contributed by atoms with E-state index < -0.39 is 5.60 Å². The SMILES string of the molecule is CCc1c(OC2(C)CC=Cc3ccccc32)c(Oc2c(C)ccc3ccccc23)c2ccccc2c1Oc1ccc(C)c2ccccc12. The van der Waals surface area contributed by atoms with E-state index in [1.165, 1.54) is 16.5 Å². The molecule has 7 aromatic carbocycles. The van der Waals surface area contributed by atoms with Crippen LogP contribution in [0, 0.1) is 13.8 Å². The molecule has 0 heterocycles. The maximum atomic E-state index is 7.38. The van der Waals surface area contributed by atoms with E-state index in [4.69, 9.17) is 14.2 Å². The zero-order chi connectivity index (χ0) is 32.8. The highest BCUT2D eigenvalue weighted by atomic mass is 16.5. The predicted molar refractivity (Wildman–Crippen MR) is 199 cm³/mol. The van der Waals surface area contributed by atoms with E-state index in [9.17, 15) is 0 Å². The fourth-order valence-corrected chi connectivity index (χ4v) is 7.23. The minimum absolute atomic E-state index is 0.628. The van der Waals surface area contributed by atoms with Gasteiger partial charge in [0.1, 0.15) is 22.8 Å². The molecule has 1 unspecified atom stereocenters. The second kappa shape index (κ2) is 11.9. The van der Waals surface area contributed by atoms with Crippen LogP contribution in [0.1, 0.15) is 48.1 Å². The first kappa shape index (κ1) is 29.8. The summed E-state index contributed by atoms with van der Waals surface area (Å²) in [5.74, 6) is 3.86. The van der Waals surface area contributed by atoms with Crippen molar-refractivity contribution >= 4 is 38.4 Å². The van der Waals surface area contributed by atoms with Gasteiger partial charge < -0.3 is 14.2 Å². The quantitative estimate of drug-likeness (QED) is 0.176. The van der Waals surface area contributed by atoms with E-state index in [1.54, 1.807) is 0 Å². The Balaban J connectivity index is 1.40. The highest BCUT2D eigenvalue weighted by Crippen LogP contribution is 2.53. The molecule has 3 nitrogen and oxygen atoms in total. The fourth-order valence-electron chi connectivity index (χ4n) is 7.23. The van der Waals surface area contributed by atoms with Crippen LogP contribution in [0.2, 0.25) is 0 Å². The summed E-state index contributed by atoms with van der Waals surface area (Å²) in [5.41, 5.74) is 4.94. The first-order chi connectivity index (χ1) is 23.4. The van der Waals surface area contributed by atoms with Crippen molar-refractivity contribution in [2.75, 3.05) is 0 Å². The maximum absolute atomic E-state index is 7.38. The van der Waals surface area contributed by atoms with Gasteiger partial charge in [-0.2, -0.15) is 0 Å². The molecule has 1 aliphatic rings. The molecule has 0 amide bonds. The molecule has 48 heavy (non-hydrogen) atoms. The standard InChI is InChI=1S/C45H38O3/c1-5-33-42(46-40-27-25-29(2)34-18-9-10-20-36(34)40)37-21-11-12-22-38(37)43(47-41-30(3)24-26-31-15-6-8-19-35(31)41)44(33)48-45(4)28-14-17-32-16-7-13-23-39(32)45/h6-27H,5,28H2,1-4H3. The zero-order valence-electron chi connectivity index (χ0n) is 27.8. The van der Waals surface area contributed by atoms with Gasteiger partial charge in [-0.05, 0) is 60.7 Å². The molecule has 0 aromatic heterocycles. The van der Waals surface area contributed by atoms with Crippen LogP contribution < -0.4 is 14.2 Å². The molecule has 7 aromatic rings. The average molecular weight is 627 g/mol. The van der Waals surface area contributed by atoms with Crippen molar-refractivity contribution in [3.63, 3.8) is 0 Å². The Labute approximate surface area is 282 Å². The third-order valence-corrected chi connectivity index (χ3v) is 9.78. The van der Waals surface area contributed by atoms with Crippen molar-refractivity contribution in [1.29, 1.82) is 0 Å². The summed E-state index contributed by atoms with van der Waals surface area (Å²) in [6.45, 7) is 8.60. The molecule has 236 valence electrons. The van der Waals surface area contributed by atoms with Crippen LogP contribution in [-0.4, -0.2) is 0 Å². The highest BCUT2D eigenvalue weighted by Gasteiger charge is 2.35. The monoisotopic (exact) mass is 626 g/mol. The summed E-state index contributed by atoms with van der Waals surface area (Å²) >= 11 is 0. The molecule has 1 aliphatic carbocycles. The van der Waals surface area contributed by atoms with Crippen LogP contribution in [-0.2, 0) is 12.0 Å². The normalized spacial score (nSPS) is 15.5. The lowest BCUT2D eigenvalue weighted by Gasteiger charge is -2.36. The number of hydrogen-bond donors (Lipinski definition) is 0. The number of aryl methyl sites for hydroxylation is 2. The largest absolute Gasteiger partial charge is 0.478 e. The molecule has 0 bridgehead atoms. The van der Waals surface area contributed by atoms with E-state index in [1.807, 2.05) is 0 Å². The van der Waals surface area contributed by atoms with Gasteiger partial charge in [0.05, 0.1) is 0 Å². The third-order valence-electron chi connectivity index (χ3n) is 9.78. The summed E-state index contributed by atoms with van der Waals surface area (Å²) in [6.07, 6.45) is 5.80. The molecule has 0 aliphatic heterocycles. The molecule has 0 spiro atoms. The van der Waals surface area contributed by atoms with Crippen molar-refractivity contribution in [1.82, 2.24) is 0 Å². The number of benzene rings is 7. The summed E-state index contributed by atoms with van der Waals surface area (Å²) in [7, 11) is 0. The lowest BCUT2D eigenvalue weighted by atomic mass is 9.84. The predicted octanol–water partition coefficient (Wildman–Crippen LogP) is 12.6. The van der Waals surface area contributed by atoms with Gasteiger partial charge in [-0.15, -0.1) is 0 Å². The zero-order valence-corrected chi connectivity index (χ0v) is 27.8. The number of ether oxygens (including phenoxy) is 3. The molecule has 0 N–H and O–H groups in total. The molecule has 8 rings (SSSR count). The summed E-state index contributed by atoms with van der Waals surface area (Å²) in [5, 5.41) is 6.37. The average Bonchev–Trinajstić information content (AvgIpc) is 3.12. The summed E-state index contributed by atoms with van der Waals surface area (Å²) in [4.78, 5) is 0. The summed E-state index contributed by atoms with van der Waals surface area (Å²) in [6, 6.07) is 42.2. The fraction of sp³-hybridized carbons (Fsp3) is 0.156. The van der Waals surface area contributed by atoms with Crippen LogP contribution in [0.5, 0.6) is 28.7 Å². The van der Waals surface area contributed by atoms with Crippen molar-refractivity contribution < 1.29 is 14.2 Å². The Morgan fingerprint density at radius 2 is 1.21 bits per heavy atom. The van der Waals surface area contributed by atoms with Gasteiger partial charge in [0.25, 0.3) is 0 Å².